The third-order valence-electron chi connectivity index (χ3n) is 4.02. The maximum Gasteiger partial charge on any atom is 0.0690 e. The lowest BCUT2D eigenvalue weighted by Gasteiger charge is -2.11. The fraction of sp³-hybridized carbons (Fsp3) is 0.600. The quantitative estimate of drug-likeness (QED) is 0.753. The van der Waals surface area contributed by atoms with Crippen LogP contribution in [-0.2, 0) is 19.3 Å². The van der Waals surface area contributed by atoms with Crippen LogP contribution in [0.15, 0.2) is 18.2 Å². The minimum Gasteiger partial charge on any atom is -0.390 e. The first kappa shape index (κ1) is 10.3. The molecule has 2 aliphatic rings. The van der Waals surface area contributed by atoms with Crippen molar-refractivity contribution in [2.75, 3.05) is 0 Å². The second kappa shape index (κ2) is 3.89. The van der Waals surface area contributed by atoms with Crippen LogP contribution in [0.25, 0.3) is 0 Å². The predicted octanol–water partition coefficient (Wildman–Crippen LogP) is 3.02. The summed E-state index contributed by atoms with van der Waals surface area (Å²) in [5.41, 5.74) is 4.07. The molecule has 0 amide bonds. The van der Waals surface area contributed by atoms with E-state index in [4.69, 9.17) is 0 Å². The van der Waals surface area contributed by atoms with Gasteiger partial charge in [0.1, 0.15) is 0 Å². The monoisotopic (exact) mass is 216 g/mol. The molecule has 3 rings (SSSR count). The summed E-state index contributed by atoms with van der Waals surface area (Å²) in [5, 5.41) is 9.94. The van der Waals surface area contributed by atoms with Crippen LogP contribution in [-0.4, -0.2) is 10.7 Å². The third kappa shape index (κ3) is 2.15. The van der Waals surface area contributed by atoms with E-state index in [1.807, 2.05) is 0 Å². The van der Waals surface area contributed by atoms with E-state index < -0.39 is 0 Å². The van der Waals surface area contributed by atoms with Crippen molar-refractivity contribution < 1.29 is 5.11 Å². The van der Waals surface area contributed by atoms with Crippen molar-refractivity contribution in [3.8, 4) is 0 Å². The van der Waals surface area contributed by atoms with Gasteiger partial charge >= 0.3 is 0 Å². The van der Waals surface area contributed by atoms with Gasteiger partial charge in [0.25, 0.3) is 0 Å². The highest BCUT2D eigenvalue weighted by Gasteiger charge is 2.40. The SMILES string of the molecule is OC1(Cc2ccc3c(c2)CCCCC3)CC1. The normalized spacial score (nSPS) is 22.3. The first-order valence-electron chi connectivity index (χ1n) is 6.58. The number of rotatable bonds is 2. The van der Waals surface area contributed by atoms with Crippen LogP contribution < -0.4 is 0 Å². The van der Waals surface area contributed by atoms with Gasteiger partial charge in [0.05, 0.1) is 5.60 Å². The fourth-order valence-electron chi connectivity index (χ4n) is 2.77. The minimum absolute atomic E-state index is 0.348. The van der Waals surface area contributed by atoms with Crippen LogP contribution in [0.3, 0.4) is 0 Å². The highest BCUT2D eigenvalue weighted by atomic mass is 16.3. The summed E-state index contributed by atoms with van der Waals surface area (Å²) in [6, 6.07) is 6.86. The Morgan fingerprint density at radius 1 is 1.00 bits per heavy atom. The number of aliphatic hydroxyl groups is 1. The van der Waals surface area contributed by atoms with Crippen molar-refractivity contribution in [1.82, 2.24) is 0 Å². The molecule has 16 heavy (non-hydrogen) atoms. The maximum atomic E-state index is 9.94. The Hall–Kier alpha value is -0.820. The number of hydrogen-bond acceptors (Lipinski definition) is 1. The van der Waals surface area contributed by atoms with Gasteiger partial charge in [0.15, 0.2) is 0 Å². The Bertz CT molecular complexity index is 390. The lowest BCUT2D eigenvalue weighted by molar-refractivity contribution is 0.151. The van der Waals surface area contributed by atoms with Crippen LogP contribution >= 0.6 is 0 Å². The summed E-state index contributed by atoms with van der Waals surface area (Å²) in [6.07, 6.45) is 9.38. The van der Waals surface area contributed by atoms with Crippen molar-refractivity contribution in [3.05, 3.63) is 34.9 Å². The third-order valence-corrected chi connectivity index (χ3v) is 4.02. The smallest absolute Gasteiger partial charge is 0.0690 e. The summed E-state index contributed by atoms with van der Waals surface area (Å²) in [7, 11) is 0. The van der Waals surface area contributed by atoms with Gasteiger partial charge in [-0.2, -0.15) is 0 Å². The number of hydrogen-bond donors (Lipinski definition) is 1. The lowest BCUT2D eigenvalue weighted by atomic mass is 9.97. The highest BCUT2D eigenvalue weighted by Crippen LogP contribution is 2.38. The molecule has 1 aromatic rings. The first-order chi connectivity index (χ1) is 7.75. The molecule has 0 aliphatic heterocycles. The molecule has 86 valence electrons. The molecule has 0 saturated heterocycles. The standard InChI is InChI=1S/C15H20O/c16-15(8-9-15)11-12-6-7-13-4-2-1-3-5-14(13)10-12/h6-7,10,16H,1-5,8-9,11H2. The van der Waals surface area contributed by atoms with Gasteiger partial charge < -0.3 is 5.11 Å². The van der Waals surface area contributed by atoms with Crippen molar-refractivity contribution in [3.63, 3.8) is 0 Å². The van der Waals surface area contributed by atoms with Gasteiger partial charge in [0.2, 0.25) is 0 Å². The van der Waals surface area contributed by atoms with Crippen LogP contribution in [0.2, 0.25) is 0 Å². The Kier molecular flexibility index (Phi) is 2.51. The van der Waals surface area contributed by atoms with Crippen molar-refractivity contribution >= 4 is 0 Å². The molecule has 1 aromatic carbocycles. The van der Waals surface area contributed by atoms with Gasteiger partial charge in [-0.25, -0.2) is 0 Å². The second-order valence-electron chi connectivity index (χ2n) is 5.56. The van der Waals surface area contributed by atoms with Crippen molar-refractivity contribution in [1.29, 1.82) is 0 Å². The molecule has 1 saturated carbocycles. The van der Waals surface area contributed by atoms with Crippen LogP contribution in [0, 0.1) is 0 Å². The van der Waals surface area contributed by atoms with Crippen molar-refractivity contribution in [2.24, 2.45) is 0 Å². The summed E-state index contributed by atoms with van der Waals surface area (Å²) < 4.78 is 0. The molecule has 0 heterocycles. The van der Waals surface area contributed by atoms with E-state index in [2.05, 4.69) is 18.2 Å². The van der Waals surface area contributed by atoms with E-state index in [9.17, 15) is 5.11 Å². The molecule has 0 aromatic heterocycles. The van der Waals surface area contributed by atoms with Crippen LogP contribution in [0.4, 0.5) is 0 Å². The number of aryl methyl sites for hydroxylation is 2. The van der Waals surface area contributed by atoms with Gasteiger partial charge in [0, 0.05) is 6.42 Å². The van der Waals surface area contributed by atoms with Crippen LogP contribution in [0.1, 0.15) is 48.8 Å². The van der Waals surface area contributed by atoms with E-state index in [-0.39, 0.29) is 5.60 Å². The van der Waals surface area contributed by atoms with E-state index in [0.717, 1.165) is 19.3 Å². The summed E-state index contributed by atoms with van der Waals surface area (Å²) in [5.74, 6) is 0. The molecular weight excluding hydrogens is 196 g/mol. The molecule has 1 N–H and O–H groups in total. The molecule has 1 heteroatoms. The highest BCUT2D eigenvalue weighted by molar-refractivity contribution is 5.34. The summed E-state index contributed by atoms with van der Waals surface area (Å²) >= 11 is 0. The van der Waals surface area contributed by atoms with Gasteiger partial charge in [-0.05, 0) is 55.2 Å². The van der Waals surface area contributed by atoms with Gasteiger partial charge in [-0.1, -0.05) is 24.6 Å². The molecule has 0 spiro atoms. The zero-order valence-electron chi connectivity index (χ0n) is 9.84. The van der Waals surface area contributed by atoms with Gasteiger partial charge in [-0.15, -0.1) is 0 Å². The average Bonchev–Trinajstić information content (AvgIpc) is 3.01. The molecule has 2 aliphatic carbocycles. The second-order valence-corrected chi connectivity index (χ2v) is 5.56. The average molecular weight is 216 g/mol. The van der Waals surface area contributed by atoms with Crippen molar-refractivity contribution in [2.45, 2.75) is 57.0 Å². The van der Waals surface area contributed by atoms with Gasteiger partial charge in [-0.3, -0.25) is 0 Å². The number of benzene rings is 1. The lowest BCUT2D eigenvalue weighted by Crippen LogP contribution is -2.11. The zero-order valence-corrected chi connectivity index (χ0v) is 9.84. The fourth-order valence-corrected chi connectivity index (χ4v) is 2.77. The molecule has 0 bridgehead atoms. The molecule has 1 nitrogen and oxygen atoms in total. The topological polar surface area (TPSA) is 20.2 Å². The Morgan fingerprint density at radius 2 is 1.75 bits per heavy atom. The zero-order chi connectivity index (χ0) is 11.0. The molecule has 0 atom stereocenters. The van der Waals surface area contributed by atoms with E-state index in [0.29, 0.717) is 0 Å². The summed E-state index contributed by atoms with van der Waals surface area (Å²) in [4.78, 5) is 0. The molecule has 1 fully saturated rings. The van der Waals surface area contributed by atoms with E-state index in [1.54, 1.807) is 11.1 Å². The Morgan fingerprint density at radius 3 is 2.50 bits per heavy atom. The van der Waals surface area contributed by atoms with E-state index >= 15 is 0 Å². The molecular formula is C15H20O. The predicted molar refractivity (Wildman–Crippen MR) is 65.6 cm³/mol. The van der Waals surface area contributed by atoms with E-state index in [1.165, 1.54) is 37.7 Å². The summed E-state index contributed by atoms with van der Waals surface area (Å²) in [6.45, 7) is 0. The molecule has 0 unspecified atom stereocenters. The molecule has 0 radical (unpaired) electrons. The minimum atomic E-state index is -0.348. The largest absolute Gasteiger partial charge is 0.390 e. The maximum absolute atomic E-state index is 9.94. The number of fused-ring (bicyclic) bond motifs is 1. The Labute approximate surface area is 97.5 Å². The first-order valence-corrected chi connectivity index (χ1v) is 6.58. The van der Waals surface area contributed by atoms with Crippen LogP contribution in [0.5, 0.6) is 0 Å². The Balaban J connectivity index is 1.83.